The molecule has 1 rings (SSSR count). The zero-order chi connectivity index (χ0) is 14.3. The molecule has 0 saturated carbocycles. The molecule has 19 heavy (non-hydrogen) atoms. The first-order valence-electron chi connectivity index (χ1n) is 5.66. The molecule has 1 aromatic rings. The fourth-order valence-electron chi connectivity index (χ4n) is 1.35. The summed E-state index contributed by atoms with van der Waals surface area (Å²) in [7, 11) is -0.718. The van der Waals surface area contributed by atoms with Crippen LogP contribution in [0.2, 0.25) is 0 Å². The molecule has 0 aliphatic heterocycles. The van der Waals surface area contributed by atoms with Crippen LogP contribution < -0.4 is 0 Å². The van der Waals surface area contributed by atoms with E-state index in [0.29, 0.717) is 0 Å². The van der Waals surface area contributed by atoms with Gasteiger partial charge in [0.1, 0.15) is 0 Å². The standard InChI is InChI=1S/C12H17O5PS/c1-4-17-12(13)10(8-11-6-5-7-19-11)9-18(14,15-2)16-3/h5-8H,4,9H2,1-3H3/b10-8-. The Balaban J connectivity index is 3.00. The first-order valence-corrected chi connectivity index (χ1v) is 8.27. The van der Waals surface area contributed by atoms with Gasteiger partial charge in [-0.3, -0.25) is 4.57 Å². The van der Waals surface area contributed by atoms with Crippen LogP contribution in [0.25, 0.3) is 6.08 Å². The van der Waals surface area contributed by atoms with E-state index in [1.807, 2.05) is 17.5 Å². The smallest absolute Gasteiger partial charge is 0.334 e. The predicted octanol–water partition coefficient (Wildman–Crippen LogP) is 3.18. The van der Waals surface area contributed by atoms with Crippen molar-refractivity contribution in [3.05, 3.63) is 28.0 Å². The number of hydrogen-bond acceptors (Lipinski definition) is 6. The molecule has 0 aliphatic rings. The second-order valence-electron chi connectivity index (χ2n) is 3.54. The van der Waals surface area contributed by atoms with E-state index in [1.165, 1.54) is 25.6 Å². The van der Waals surface area contributed by atoms with Gasteiger partial charge in [-0.1, -0.05) is 6.07 Å². The van der Waals surface area contributed by atoms with E-state index in [1.54, 1.807) is 13.0 Å². The summed E-state index contributed by atoms with van der Waals surface area (Å²) in [6, 6.07) is 3.72. The molecule has 1 heterocycles. The summed E-state index contributed by atoms with van der Waals surface area (Å²) in [5, 5.41) is 1.89. The van der Waals surface area contributed by atoms with Crippen LogP contribution in [-0.2, 0) is 23.1 Å². The number of ether oxygens (including phenoxy) is 1. The summed E-state index contributed by atoms with van der Waals surface area (Å²) in [4.78, 5) is 12.7. The minimum atomic E-state index is -3.30. The predicted molar refractivity (Wildman–Crippen MR) is 75.4 cm³/mol. The molecular weight excluding hydrogens is 287 g/mol. The summed E-state index contributed by atoms with van der Waals surface area (Å²) in [5.74, 6) is -0.509. The quantitative estimate of drug-likeness (QED) is 0.440. The summed E-state index contributed by atoms with van der Waals surface area (Å²) in [6.45, 7) is 1.97. The SMILES string of the molecule is CCOC(=O)/C(=C\c1cccs1)CP(=O)(OC)OC. The maximum absolute atomic E-state index is 12.1. The third kappa shape index (κ3) is 4.91. The van der Waals surface area contributed by atoms with Gasteiger partial charge in [-0.2, -0.15) is 0 Å². The van der Waals surface area contributed by atoms with Crippen LogP contribution in [0, 0.1) is 0 Å². The van der Waals surface area contributed by atoms with E-state index in [4.69, 9.17) is 13.8 Å². The van der Waals surface area contributed by atoms with Gasteiger partial charge in [0, 0.05) is 19.1 Å². The fraction of sp³-hybridized carbons (Fsp3) is 0.417. The van der Waals surface area contributed by atoms with Crippen molar-refractivity contribution in [3.8, 4) is 0 Å². The lowest BCUT2D eigenvalue weighted by molar-refractivity contribution is -0.138. The van der Waals surface area contributed by atoms with Crippen molar-refractivity contribution in [1.29, 1.82) is 0 Å². The van der Waals surface area contributed by atoms with Crippen molar-refractivity contribution in [1.82, 2.24) is 0 Å². The van der Waals surface area contributed by atoms with Crippen LogP contribution in [0.5, 0.6) is 0 Å². The van der Waals surface area contributed by atoms with Gasteiger partial charge in [-0.25, -0.2) is 4.79 Å². The second kappa shape index (κ2) is 7.60. The largest absolute Gasteiger partial charge is 0.463 e. The lowest BCUT2D eigenvalue weighted by Crippen LogP contribution is -2.12. The molecule has 0 aliphatic carbocycles. The van der Waals surface area contributed by atoms with E-state index >= 15 is 0 Å². The van der Waals surface area contributed by atoms with Crippen molar-refractivity contribution >= 4 is 31.0 Å². The van der Waals surface area contributed by atoms with Gasteiger partial charge in [0.25, 0.3) is 0 Å². The highest BCUT2D eigenvalue weighted by atomic mass is 32.1. The maximum atomic E-state index is 12.1. The van der Waals surface area contributed by atoms with Crippen molar-refractivity contribution in [2.75, 3.05) is 27.0 Å². The Morgan fingerprint density at radius 2 is 2.11 bits per heavy atom. The Kier molecular flexibility index (Phi) is 6.45. The van der Waals surface area contributed by atoms with Crippen molar-refractivity contribution in [2.45, 2.75) is 6.92 Å². The number of carbonyl (C=O) groups excluding carboxylic acids is 1. The van der Waals surface area contributed by atoms with Crippen LogP contribution in [0.4, 0.5) is 0 Å². The normalized spacial score (nSPS) is 12.5. The highest BCUT2D eigenvalue weighted by Gasteiger charge is 2.27. The summed E-state index contributed by atoms with van der Waals surface area (Å²) in [5.41, 5.74) is 0.274. The van der Waals surface area contributed by atoms with Crippen LogP contribution >= 0.6 is 18.9 Å². The summed E-state index contributed by atoms with van der Waals surface area (Å²) >= 11 is 1.47. The molecule has 7 heteroatoms. The Morgan fingerprint density at radius 1 is 1.42 bits per heavy atom. The summed E-state index contributed by atoms with van der Waals surface area (Å²) < 4.78 is 26.8. The molecular formula is C12H17O5PS. The molecule has 0 aromatic carbocycles. The molecule has 0 radical (unpaired) electrons. The Bertz CT molecular complexity index is 472. The van der Waals surface area contributed by atoms with E-state index in [2.05, 4.69) is 0 Å². The van der Waals surface area contributed by atoms with E-state index in [-0.39, 0.29) is 18.3 Å². The minimum Gasteiger partial charge on any atom is -0.463 e. The van der Waals surface area contributed by atoms with E-state index in [0.717, 1.165) is 4.88 Å². The van der Waals surface area contributed by atoms with Gasteiger partial charge in [0.15, 0.2) is 0 Å². The number of thiophene rings is 1. The average Bonchev–Trinajstić information content (AvgIpc) is 2.91. The molecule has 0 fully saturated rings. The monoisotopic (exact) mass is 304 g/mol. The van der Waals surface area contributed by atoms with Gasteiger partial charge in [0.05, 0.1) is 18.3 Å². The van der Waals surface area contributed by atoms with Crippen LogP contribution in [0.3, 0.4) is 0 Å². The minimum absolute atomic E-state index is 0.114. The van der Waals surface area contributed by atoms with Gasteiger partial charge in [-0.05, 0) is 24.4 Å². The third-order valence-corrected chi connectivity index (χ3v) is 4.98. The highest BCUT2D eigenvalue weighted by Crippen LogP contribution is 2.48. The maximum Gasteiger partial charge on any atom is 0.334 e. The third-order valence-electron chi connectivity index (χ3n) is 2.32. The average molecular weight is 304 g/mol. The summed E-state index contributed by atoms with van der Waals surface area (Å²) in [6.07, 6.45) is 1.53. The molecule has 0 amide bonds. The van der Waals surface area contributed by atoms with Crippen LogP contribution in [-0.4, -0.2) is 33.0 Å². The second-order valence-corrected chi connectivity index (χ2v) is 6.79. The number of rotatable bonds is 7. The first-order chi connectivity index (χ1) is 9.04. The van der Waals surface area contributed by atoms with Crippen LogP contribution in [0.15, 0.2) is 23.1 Å². The Hall–Kier alpha value is -0.940. The van der Waals surface area contributed by atoms with Gasteiger partial charge in [0.2, 0.25) is 0 Å². The van der Waals surface area contributed by atoms with Gasteiger partial charge in [-0.15, -0.1) is 11.3 Å². The lowest BCUT2D eigenvalue weighted by atomic mass is 10.2. The Morgan fingerprint density at radius 3 is 2.58 bits per heavy atom. The molecule has 106 valence electrons. The van der Waals surface area contributed by atoms with Gasteiger partial charge < -0.3 is 13.8 Å². The lowest BCUT2D eigenvalue weighted by Gasteiger charge is -2.14. The molecule has 5 nitrogen and oxygen atoms in total. The molecule has 0 bridgehead atoms. The topological polar surface area (TPSA) is 61.8 Å². The van der Waals surface area contributed by atoms with Crippen molar-refractivity contribution in [2.24, 2.45) is 0 Å². The molecule has 1 aromatic heterocycles. The molecule has 0 spiro atoms. The fourth-order valence-corrected chi connectivity index (χ4v) is 3.08. The zero-order valence-corrected chi connectivity index (χ0v) is 12.8. The highest BCUT2D eigenvalue weighted by molar-refractivity contribution is 7.54. The molecule has 0 atom stereocenters. The number of carbonyl (C=O) groups is 1. The molecule has 0 saturated heterocycles. The first kappa shape index (κ1) is 16.1. The van der Waals surface area contributed by atoms with Crippen molar-refractivity contribution < 1.29 is 23.1 Å². The number of hydrogen-bond donors (Lipinski definition) is 0. The molecule has 0 N–H and O–H groups in total. The zero-order valence-electron chi connectivity index (χ0n) is 11.1. The molecule has 0 unspecified atom stereocenters. The van der Waals surface area contributed by atoms with Crippen LogP contribution in [0.1, 0.15) is 11.8 Å². The number of esters is 1. The van der Waals surface area contributed by atoms with E-state index in [9.17, 15) is 9.36 Å². The van der Waals surface area contributed by atoms with Crippen molar-refractivity contribution in [3.63, 3.8) is 0 Å². The Labute approximate surface area is 116 Å². The van der Waals surface area contributed by atoms with E-state index < -0.39 is 13.6 Å². The van der Waals surface area contributed by atoms with Gasteiger partial charge >= 0.3 is 13.6 Å².